The summed E-state index contributed by atoms with van der Waals surface area (Å²) in [6, 6.07) is 15.9. The van der Waals surface area contributed by atoms with Crippen LogP contribution in [0.2, 0.25) is 0 Å². The molecule has 0 radical (unpaired) electrons. The van der Waals surface area contributed by atoms with Gasteiger partial charge in [-0.25, -0.2) is 8.42 Å². The second-order valence-corrected chi connectivity index (χ2v) is 9.63. The number of hydrogen-bond donors (Lipinski definition) is 3. The summed E-state index contributed by atoms with van der Waals surface area (Å²) in [5, 5.41) is 2.59. The monoisotopic (exact) mass is 458 g/mol. The standard InChI is InChI=1S/C22H26N4O5S/c1-15-9-11-17(12-10-15)14-32(29,30)22(23)25-18(20(27)24-2)19(21(28)26(22)3)31-13-16-7-5-4-6-8-16/h4-12,25H,13-14,23H2,1-3H3,(H,24,27). The summed E-state index contributed by atoms with van der Waals surface area (Å²) in [4.78, 5) is 26.5. The van der Waals surface area contributed by atoms with Crippen LogP contribution in [0.4, 0.5) is 0 Å². The van der Waals surface area contributed by atoms with E-state index < -0.39 is 32.5 Å². The van der Waals surface area contributed by atoms with Crippen molar-refractivity contribution in [2.75, 3.05) is 14.1 Å². The topological polar surface area (TPSA) is 131 Å². The zero-order chi connectivity index (χ0) is 23.5. The summed E-state index contributed by atoms with van der Waals surface area (Å²) < 4.78 is 32.2. The first-order valence-electron chi connectivity index (χ1n) is 9.85. The molecule has 1 unspecified atom stereocenters. The lowest BCUT2D eigenvalue weighted by molar-refractivity contribution is -0.137. The minimum Gasteiger partial charge on any atom is -0.481 e. The smallest absolute Gasteiger partial charge is 0.294 e. The molecule has 2 aromatic rings. The molecule has 0 saturated carbocycles. The average Bonchev–Trinajstić information content (AvgIpc) is 2.78. The Balaban J connectivity index is 1.96. The molecule has 1 aliphatic rings. The average molecular weight is 459 g/mol. The summed E-state index contributed by atoms with van der Waals surface area (Å²) in [6.45, 7) is 1.89. The largest absolute Gasteiger partial charge is 0.481 e. The minimum absolute atomic E-state index is 0.00557. The van der Waals surface area contributed by atoms with Crippen LogP contribution < -0.4 is 16.4 Å². The molecule has 2 amide bonds. The third-order valence-corrected chi connectivity index (χ3v) is 7.20. The van der Waals surface area contributed by atoms with E-state index in [1.54, 1.807) is 36.4 Å². The van der Waals surface area contributed by atoms with Crippen molar-refractivity contribution in [2.24, 2.45) is 5.73 Å². The maximum Gasteiger partial charge on any atom is 0.294 e. The molecule has 0 aromatic heterocycles. The van der Waals surface area contributed by atoms with Crippen molar-refractivity contribution in [3.8, 4) is 0 Å². The summed E-state index contributed by atoms with van der Waals surface area (Å²) >= 11 is 0. The summed E-state index contributed by atoms with van der Waals surface area (Å²) in [5.41, 5.74) is 8.13. The van der Waals surface area contributed by atoms with E-state index in [1.165, 1.54) is 14.1 Å². The number of carbonyl (C=O) groups is 2. The first-order valence-corrected chi connectivity index (χ1v) is 11.5. The fraction of sp³-hybridized carbons (Fsp3) is 0.273. The highest BCUT2D eigenvalue weighted by Gasteiger charge is 2.52. The number of nitrogens with two attached hydrogens (primary N) is 1. The molecule has 4 N–H and O–H groups in total. The minimum atomic E-state index is -4.19. The van der Waals surface area contributed by atoms with Crippen molar-refractivity contribution in [1.29, 1.82) is 0 Å². The Hall–Kier alpha value is -3.37. The lowest BCUT2D eigenvalue weighted by atomic mass is 10.2. The maximum absolute atomic E-state index is 13.3. The van der Waals surface area contributed by atoms with Crippen LogP contribution in [-0.2, 0) is 36.5 Å². The number of rotatable bonds is 7. The van der Waals surface area contributed by atoms with Gasteiger partial charge in [-0.2, -0.15) is 0 Å². The van der Waals surface area contributed by atoms with Crippen molar-refractivity contribution >= 4 is 21.7 Å². The lowest BCUT2D eigenvalue weighted by Gasteiger charge is -2.42. The highest BCUT2D eigenvalue weighted by Crippen LogP contribution is 2.27. The number of nitrogens with zero attached hydrogens (tertiary/aromatic N) is 1. The molecule has 10 heteroatoms. The van der Waals surface area contributed by atoms with Gasteiger partial charge >= 0.3 is 0 Å². The van der Waals surface area contributed by atoms with Crippen molar-refractivity contribution in [3.63, 3.8) is 0 Å². The number of amides is 2. The number of likely N-dealkylation sites (N-methyl/N-ethyl adjacent to an activating group) is 2. The SMILES string of the molecule is CNC(=O)C1=C(OCc2ccccc2)C(=O)N(C)C(N)(S(=O)(=O)Cc2ccc(C)cc2)N1. The first-order chi connectivity index (χ1) is 15.1. The lowest BCUT2D eigenvalue weighted by Crippen LogP contribution is -2.73. The Morgan fingerprint density at radius 1 is 1.12 bits per heavy atom. The van der Waals surface area contributed by atoms with Gasteiger partial charge in [0.05, 0.1) is 5.75 Å². The van der Waals surface area contributed by atoms with Crippen LogP contribution in [0.3, 0.4) is 0 Å². The van der Waals surface area contributed by atoms with E-state index in [1.807, 2.05) is 25.1 Å². The van der Waals surface area contributed by atoms with Crippen molar-refractivity contribution < 1.29 is 22.7 Å². The highest BCUT2D eigenvalue weighted by molar-refractivity contribution is 7.91. The Bertz CT molecular complexity index is 1150. The summed E-state index contributed by atoms with van der Waals surface area (Å²) in [6.07, 6.45) is 0. The molecule has 0 saturated heterocycles. The normalized spacial score (nSPS) is 18.9. The van der Waals surface area contributed by atoms with Crippen molar-refractivity contribution in [3.05, 3.63) is 82.7 Å². The van der Waals surface area contributed by atoms with Crippen LogP contribution in [0, 0.1) is 6.92 Å². The van der Waals surface area contributed by atoms with Gasteiger partial charge in [-0.1, -0.05) is 60.2 Å². The van der Waals surface area contributed by atoms with E-state index in [4.69, 9.17) is 10.5 Å². The molecule has 170 valence electrons. The molecular weight excluding hydrogens is 432 g/mol. The number of nitrogens with one attached hydrogen (secondary N) is 2. The number of carbonyl (C=O) groups excluding carboxylic acids is 2. The van der Waals surface area contributed by atoms with Gasteiger partial charge in [-0.15, -0.1) is 0 Å². The molecule has 1 atom stereocenters. The zero-order valence-electron chi connectivity index (χ0n) is 18.1. The van der Waals surface area contributed by atoms with Crippen molar-refractivity contribution in [2.45, 2.75) is 24.4 Å². The molecule has 0 fully saturated rings. The fourth-order valence-electron chi connectivity index (χ4n) is 3.18. The Morgan fingerprint density at radius 3 is 2.34 bits per heavy atom. The van der Waals surface area contributed by atoms with E-state index in [2.05, 4.69) is 10.6 Å². The molecule has 2 aromatic carbocycles. The van der Waals surface area contributed by atoms with Gasteiger partial charge in [0, 0.05) is 14.1 Å². The number of ether oxygens (including phenoxy) is 1. The molecule has 9 nitrogen and oxygen atoms in total. The van der Waals surface area contributed by atoms with Gasteiger partial charge in [-0.05, 0) is 18.1 Å². The number of sulfone groups is 1. The van der Waals surface area contributed by atoms with Crippen LogP contribution in [0.25, 0.3) is 0 Å². The van der Waals surface area contributed by atoms with E-state index in [9.17, 15) is 18.0 Å². The molecule has 0 bridgehead atoms. The second-order valence-electron chi connectivity index (χ2n) is 7.49. The summed E-state index contributed by atoms with van der Waals surface area (Å²) in [5.74, 6) is -2.30. The molecular formula is C22H26N4O5S. The maximum atomic E-state index is 13.3. The first kappa shape index (κ1) is 23.3. The highest BCUT2D eigenvalue weighted by atomic mass is 32.2. The zero-order valence-corrected chi connectivity index (χ0v) is 18.9. The number of hydrogen-bond acceptors (Lipinski definition) is 7. The molecule has 1 heterocycles. The van der Waals surface area contributed by atoms with Gasteiger partial charge < -0.3 is 15.4 Å². The molecule has 3 rings (SSSR count). The predicted molar refractivity (Wildman–Crippen MR) is 119 cm³/mol. The van der Waals surface area contributed by atoms with Crippen molar-refractivity contribution in [1.82, 2.24) is 15.5 Å². The second kappa shape index (κ2) is 9.01. The number of aryl methyl sites for hydroxylation is 1. The Kier molecular flexibility index (Phi) is 6.56. The van der Waals surface area contributed by atoms with Crippen LogP contribution >= 0.6 is 0 Å². The van der Waals surface area contributed by atoms with E-state index >= 15 is 0 Å². The van der Waals surface area contributed by atoms with Gasteiger partial charge in [0.1, 0.15) is 6.61 Å². The van der Waals surface area contributed by atoms with Crippen LogP contribution in [0.5, 0.6) is 0 Å². The molecule has 0 spiro atoms. The Morgan fingerprint density at radius 2 is 1.75 bits per heavy atom. The third kappa shape index (κ3) is 4.46. The molecule has 32 heavy (non-hydrogen) atoms. The van der Waals surface area contributed by atoms with Crippen LogP contribution in [0.1, 0.15) is 16.7 Å². The molecule has 1 aliphatic heterocycles. The van der Waals surface area contributed by atoms with Gasteiger partial charge in [0.25, 0.3) is 16.9 Å². The van der Waals surface area contributed by atoms with Gasteiger partial charge in [-0.3, -0.25) is 20.2 Å². The predicted octanol–water partition coefficient (Wildman–Crippen LogP) is 0.716. The fourth-order valence-corrected chi connectivity index (χ4v) is 4.79. The van der Waals surface area contributed by atoms with E-state index in [0.717, 1.165) is 16.0 Å². The third-order valence-electron chi connectivity index (χ3n) is 5.16. The van der Waals surface area contributed by atoms with Gasteiger partial charge in [0.2, 0.25) is 15.6 Å². The van der Waals surface area contributed by atoms with Crippen LogP contribution in [0.15, 0.2) is 66.1 Å². The molecule has 0 aliphatic carbocycles. The quantitative estimate of drug-likeness (QED) is 0.557. The summed E-state index contributed by atoms with van der Waals surface area (Å²) in [7, 11) is -1.59. The van der Waals surface area contributed by atoms with E-state index in [-0.39, 0.29) is 18.1 Å². The Labute approximate surface area is 187 Å². The van der Waals surface area contributed by atoms with Crippen LogP contribution in [-0.4, -0.2) is 44.3 Å². The van der Waals surface area contributed by atoms with E-state index in [0.29, 0.717) is 5.56 Å². The van der Waals surface area contributed by atoms with Gasteiger partial charge in [0.15, 0.2) is 5.70 Å². The number of benzene rings is 2.